The summed E-state index contributed by atoms with van der Waals surface area (Å²) in [5.74, 6) is 0.111. The maximum atomic E-state index is 11.7. The lowest BCUT2D eigenvalue weighted by atomic mass is 9.93. The zero-order chi connectivity index (χ0) is 15.2. The Morgan fingerprint density at radius 3 is 3.05 bits per heavy atom. The van der Waals surface area contributed by atoms with E-state index in [9.17, 15) is 4.79 Å². The Hall–Kier alpha value is -1.40. The molecule has 21 heavy (non-hydrogen) atoms. The largest absolute Gasteiger partial charge is 0.380 e. The predicted octanol–water partition coefficient (Wildman–Crippen LogP) is 1.24. The van der Waals surface area contributed by atoms with Gasteiger partial charge in [0.15, 0.2) is 0 Å². The molecule has 0 aliphatic carbocycles. The summed E-state index contributed by atoms with van der Waals surface area (Å²) in [7, 11) is 0. The summed E-state index contributed by atoms with van der Waals surface area (Å²) in [6.45, 7) is 8.39. The smallest absolute Gasteiger partial charge is 0.220 e. The van der Waals surface area contributed by atoms with E-state index in [-0.39, 0.29) is 24.0 Å². The van der Waals surface area contributed by atoms with Gasteiger partial charge in [-0.05, 0) is 27.2 Å². The fraction of sp³-hybridized carbons (Fsp3) is 0.733. The van der Waals surface area contributed by atoms with Gasteiger partial charge in [0, 0.05) is 43.4 Å². The van der Waals surface area contributed by atoms with Crippen molar-refractivity contribution >= 4 is 5.91 Å². The Morgan fingerprint density at radius 1 is 1.57 bits per heavy atom. The van der Waals surface area contributed by atoms with Crippen LogP contribution in [0.3, 0.4) is 0 Å². The molecule has 1 saturated heterocycles. The molecule has 6 nitrogen and oxygen atoms in total. The van der Waals surface area contributed by atoms with Gasteiger partial charge in [0.25, 0.3) is 0 Å². The lowest BCUT2D eigenvalue weighted by Gasteiger charge is -2.34. The maximum absolute atomic E-state index is 11.7. The van der Waals surface area contributed by atoms with Crippen LogP contribution in [0.25, 0.3) is 0 Å². The van der Waals surface area contributed by atoms with Crippen molar-refractivity contribution in [3.63, 3.8) is 0 Å². The zero-order valence-corrected chi connectivity index (χ0v) is 13.1. The van der Waals surface area contributed by atoms with Gasteiger partial charge < -0.3 is 15.4 Å². The molecule has 1 amide bonds. The monoisotopic (exact) mass is 294 g/mol. The summed E-state index contributed by atoms with van der Waals surface area (Å²) in [5.41, 5.74) is 1.06. The van der Waals surface area contributed by atoms with Crippen LogP contribution in [0.5, 0.6) is 0 Å². The minimum atomic E-state index is -0.0179. The number of amides is 1. The zero-order valence-electron chi connectivity index (χ0n) is 13.1. The molecular weight excluding hydrogens is 268 g/mol. The minimum Gasteiger partial charge on any atom is -0.380 e. The molecule has 0 saturated carbocycles. The predicted molar refractivity (Wildman–Crippen MR) is 80.9 cm³/mol. The quantitative estimate of drug-likeness (QED) is 0.794. The van der Waals surface area contributed by atoms with Crippen LogP contribution in [0.1, 0.15) is 45.2 Å². The summed E-state index contributed by atoms with van der Waals surface area (Å²) in [6.07, 6.45) is 5.27. The molecule has 0 bridgehead atoms. The first-order valence-electron chi connectivity index (χ1n) is 7.79. The third-order valence-electron chi connectivity index (χ3n) is 3.81. The molecule has 1 aromatic heterocycles. The Morgan fingerprint density at radius 2 is 2.38 bits per heavy atom. The molecule has 1 aliphatic heterocycles. The summed E-state index contributed by atoms with van der Waals surface area (Å²) in [6, 6.07) is 0.456. The fourth-order valence-electron chi connectivity index (χ4n) is 2.72. The highest BCUT2D eigenvalue weighted by atomic mass is 16.5. The van der Waals surface area contributed by atoms with Crippen LogP contribution in [-0.2, 0) is 16.1 Å². The van der Waals surface area contributed by atoms with Gasteiger partial charge in [-0.1, -0.05) is 0 Å². The molecule has 2 rings (SSSR count). The lowest BCUT2D eigenvalue weighted by Crippen LogP contribution is -2.51. The molecule has 2 heterocycles. The Kier molecular flexibility index (Phi) is 5.76. The summed E-state index contributed by atoms with van der Waals surface area (Å²) < 4.78 is 7.34. The van der Waals surface area contributed by atoms with Crippen molar-refractivity contribution < 1.29 is 9.53 Å². The molecule has 1 aliphatic rings. The van der Waals surface area contributed by atoms with Crippen LogP contribution in [0.2, 0.25) is 0 Å². The van der Waals surface area contributed by atoms with E-state index in [2.05, 4.69) is 29.6 Å². The number of aromatic nitrogens is 2. The Balaban J connectivity index is 2.04. The van der Waals surface area contributed by atoms with Gasteiger partial charge in [0.05, 0.1) is 18.8 Å². The van der Waals surface area contributed by atoms with Crippen molar-refractivity contribution in [1.82, 2.24) is 20.4 Å². The molecular formula is C15H26N4O2. The van der Waals surface area contributed by atoms with E-state index in [0.717, 1.165) is 25.1 Å². The number of hydrogen-bond donors (Lipinski definition) is 2. The van der Waals surface area contributed by atoms with Gasteiger partial charge in [0.2, 0.25) is 5.91 Å². The molecule has 6 heteroatoms. The highest BCUT2D eigenvalue weighted by molar-refractivity contribution is 5.77. The van der Waals surface area contributed by atoms with Crippen molar-refractivity contribution in [3.05, 3.63) is 18.0 Å². The van der Waals surface area contributed by atoms with E-state index in [1.165, 1.54) is 0 Å². The van der Waals surface area contributed by atoms with E-state index in [4.69, 9.17) is 4.74 Å². The number of rotatable bonds is 7. The summed E-state index contributed by atoms with van der Waals surface area (Å²) in [4.78, 5) is 11.7. The van der Waals surface area contributed by atoms with Crippen molar-refractivity contribution in [2.45, 2.75) is 58.3 Å². The number of carbonyl (C=O) groups excluding carboxylic acids is 1. The summed E-state index contributed by atoms with van der Waals surface area (Å²) >= 11 is 0. The molecule has 1 fully saturated rings. The topological polar surface area (TPSA) is 68.2 Å². The van der Waals surface area contributed by atoms with Gasteiger partial charge in [-0.3, -0.25) is 9.48 Å². The first-order valence-corrected chi connectivity index (χ1v) is 7.79. The second kappa shape index (κ2) is 7.56. The number of carbonyl (C=O) groups is 1. The van der Waals surface area contributed by atoms with Crippen LogP contribution in [-0.4, -0.2) is 41.0 Å². The van der Waals surface area contributed by atoms with Crippen LogP contribution < -0.4 is 10.6 Å². The number of piperidine rings is 1. The molecule has 0 radical (unpaired) electrons. The lowest BCUT2D eigenvalue weighted by molar-refractivity contribution is -0.124. The molecule has 118 valence electrons. The third kappa shape index (κ3) is 4.28. The molecule has 3 atom stereocenters. The van der Waals surface area contributed by atoms with Crippen molar-refractivity contribution in [2.24, 2.45) is 0 Å². The molecule has 0 spiro atoms. The minimum absolute atomic E-state index is 0.0179. The first-order chi connectivity index (χ1) is 10.1. The highest BCUT2D eigenvalue weighted by Gasteiger charge is 2.31. The second-order valence-electron chi connectivity index (χ2n) is 5.55. The van der Waals surface area contributed by atoms with Gasteiger partial charge in [-0.2, -0.15) is 5.10 Å². The van der Waals surface area contributed by atoms with E-state index in [1.807, 2.05) is 24.0 Å². The fourth-order valence-corrected chi connectivity index (χ4v) is 2.72. The average molecular weight is 294 g/mol. The Bertz CT molecular complexity index is 460. The Labute approximate surface area is 126 Å². The van der Waals surface area contributed by atoms with Crippen LogP contribution in [0, 0.1) is 0 Å². The number of aryl methyl sites for hydroxylation is 1. The normalized spacial score (nSPS) is 23.9. The number of ether oxygens (including phenoxy) is 1. The number of nitrogens with one attached hydrogen (secondary N) is 2. The van der Waals surface area contributed by atoms with Crippen molar-refractivity contribution in [2.75, 3.05) is 13.2 Å². The van der Waals surface area contributed by atoms with Crippen molar-refractivity contribution in [1.29, 1.82) is 0 Å². The maximum Gasteiger partial charge on any atom is 0.220 e. The number of hydrogen-bond acceptors (Lipinski definition) is 4. The average Bonchev–Trinajstić information content (AvgIpc) is 2.95. The SMILES string of the molecule is CCOCC(C)N[C@@H]1CCC(=O)N[C@H]1c1cnn(CC)c1. The first kappa shape index (κ1) is 16.0. The van der Waals surface area contributed by atoms with Gasteiger partial charge in [-0.15, -0.1) is 0 Å². The van der Waals surface area contributed by atoms with E-state index >= 15 is 0 Å². The van der Waals surface area contributed by atoms with Crippen LogP contribution in [0.4, 0.5) is 0 Å². The molecule has 1 aromatic rings. The summed E-state index contributed by atoms with van der Waals surface area (Å²) in [5, 5.41) is 11.0. The third-order valence-corrected chi connectivity index (χ3v) is 3.81. The van der Waals surface area contributed by atoms with Gasteiger partial charge >= 0.3 is 0 Å². The second-order valence-corrected chi connectivity index (χ2v) is 5.55. The van der Waals surface area contributed by atoms with Gasteiger partial charge in [0.1, 0.15) is 0 Å². The van der Waals surface area contributed by atoms with Crippen molar-refractivity contribution in [3.8, 4) is 0 Å². The van der Waals surface area contributed by atoms with E-state index in [1.54, 1.807) is 0 Å². The van der Waals surface area contributed by atoms with E-state index < -0.39 is 0 Å². The van der Waals surface area contributed by atoms with Crippen LogP contribution >= 0.6 is 0 Å². The molecule has 0 aromatic carbocycles. The standard InChI is InChI=1S/C15H26N4O2/c1-4-19-9-12(8-16-19)15-13(6-7-14(20)18-15)17-11(3)10-21-5-2/h8-9,11,13,15,17H,4-7,10H2,1-3H3,(H,18,20)/t11?,13-,15+/m1/s1. The molecule has 1 unspecified atom stereocenters. The molecule has 2 N–H and O–H groups in total. The van der Waals surface area contributed by atoms with E-state index in [0.29, 0.717) is 13.0 Å². The highest BCUT2D eigenvalue weighted by Crippen LogP contribution is 2.24. The van der Waals surface area contributed by atoms with Crippen LogP contribution in [0.15, 0.2) is 12.4 Å². The van der Waals surface area contributed by atoms with Gasteiger partial charge in [-0.25, -0.2) is 0 Å². The number of nitrogens with zero attached hydrogens (tertiary/aromatic N) is 2.